The smallest absolute Gasteiger partial charge is 0.293 e. The van der Waals surface area contributed by atoms with Crippen molar-refractivity contribution in [3.63, 3.8) is 0 Å². The van der Waals surface area contributed by atoms with E-state index in [0.29, 0.717) is 22.9 Å². The molecule has 8 nitrogen and oxygen atoms in total. The number of ether oxygens (including phenoxy) is 2. The second kappa shape index (κ2) is 7.94. The highest BCUT2D eigenvalue weighted by Crippen LogP contribution is 2.33. The van der Waals surface area contributed by atoms with Crippen LogP contribution >= 0.6 is 0 Å². The maximum absolute atomic E-state index is 12.6. The first-order chi connectivity index (χ1) is 13.0. The molecule has 2 aromatic rings. The number of hydrogen-bond donors (Lipinski definition) is 1. The number of nitrogens with zero attached hydrogens (tertiary/aromatic N) is 2. The van der Waals surface area contributed by atoms with Crippen molar-refractivity contribution in [2.45, 2.75) is 12.8 Å². The van der Waals surface area contributed by atoms with Gasteiger partial charge in [0, 0.05) is 30.8 Å². The molecule has 2 aromatic carbocycles. The average Bonchev–Trinajstić information content (AvgIpc) is 3.22. The van der Waals surface area contributed by atoms with Gasteiger partial charge in [0.25, 0.3) is 11.6 Å². The van der Waals surface area contributed by atoms with Gasteiger partial charge < -0.3 is 19.7 Å². The molecule has 1 fully saturated rings. The van der Waals surface area contributed by atoms with E-state index in [1.165, 1.54) is 20.3 Å². The molecule has 0 aromatic heterocycles. The Balaban J connectivity index is 1.87. The number of nitro benzene ring substituents is 1. The van der Waals surface area contributed by atoms with E-state index in [-0.39, 0.29) is 11.3 Å². The molecule has 27 heavy (non-hydrogen) atoms. The third-order valence-electron chi connectivity index (χ3n) is 4.54. The van der Waals surface area contributed by atoms with Crippen LogP contribution in [0.2, 0.25) is 0 Å². The first-order valence-electron chi connectivity index (χ1n) is 8.60. The zero-order valence-electron chi connectivity index (χ0n) is 15.2. The topological polar surface area (TPSA) is 93.9 Å². The highest BCUT2D eigenvalue weighted by atomic mass is 16.6. The van der Waals surface area contributed by atoms with Gasteiger partial charge in [0.05, 0.1) is 24.8 Å². The van der Waals surface area contributed by atoms with E-state index in [1.807, 2.05) is 4.90 Å². The summed E-state index contributed by atoms with van der Waals surface area (Å²) in [6.45, 7) is 1.57. The molecule has 0 spiro atoms. The fraction of sp³-hybridized carbons (Fsp3) is 0.316. The molecule has 0 saturated carbocycles. The van der Waals surface area contributed by atoms with Gasteiger partial charge in [-0.3, -0.25) is 14.9 Å². The lowest BCUT2D eigenvalue weighted by molar-refractivity contribution is -0.384. The number of nitrogens with one attached hydrogen (secondary N) is 1. The van der Waals surface area contributed by atoms with Gasteiger partial charge in [0.2, 0.25) is 0 Å². The van der Waals surface area contributed by atoms with Crippen molar-refractivity contribution >= 4 is 23.0 Å². The van der Waals surface area contributed by atoms with E-state index < -0.39 is 10.8 Å². The molecule has 1 saturated heterocycles. The molecular formula is C19H21N3O5. The lowest BCUT2D eigenvalue weighted by Gasteiger charge is -2.18. The summed E-state index contributed by atoms with van der Waals surface area (Å²) in [5.74, 6) is 0.580. The van der Waals surface area contributed by atoms with Crippen molar-refractivity contribution < 1.29 is 19.2 Å². The molecule has 1 aliphatic rings. The van der Waals surface area contributed by atoms with Crippen LogP contribution in [0.5, 0.6) is 11.5 Å². The number of benzene rings is 2. The van der Waals surface area contributed by atoms with Crippen molar-refractivity contribution in [2.75, 3.05) is 37.5 Å². The van der Waals surface area contributed by atoms with Crippen molar-refractivity contribution in [1.82, 2.24) is 0 Å². The fourth-order valence-corrected chi connectivity index (χ4v) is 3.13. The molecule has 0 bridgehead atoms. The van der Waals surface area contributed by atoms with Crippen LogP contribution in [0.1, 0.15) is 23.2 Å². The summed E-state index contributed by atoms with van der Waals surface area (Å²) in [5, 5.41) is 14.2. The largest absolute Gasteiger partial charge is 0.497 e. The van der Waals surface area contributed by atoms with Crippen LogP contribution in [0.15, 0.2) is 36.4 Å². The Bertz CT molecular complexity index is 862. The molecule has 3 rings (SSSR count). The van der Waals surface area contributed by atoms with E-state index >= 15 is 0 Å². The van der Waals surface area contributed by atoms with E-state index in [1.54, 1.807) is 30.3 Å². The summed E-state index contributed by atoms with van der Waals surface area (Å²) in [6, 6.07) is 9.56. The molecule has 8 heteroatoms. The van der Waals surface area contributed by atoms with Gasteiger partial charge in [0.1, 0.15) is 17.2 Å². The number of hydrogen-bond acceptors (Lipinski definition) is 6. The van der Waals surface area contributed by atoms with E-state index in [0.717, 1.165) is 25.9 Å². The molecule has 0 unspecified atom stereocenters. The van der Waals surface area contributed by atoms with Crippen molar-refractivity contribution in [2.24, 2.45) is 0 Å². The lowest BCUT2D eigenvalue weighted by Crippen LogP contribution is -2.20. The van der Waals surface area contributed by atoms with Gasteiger partial charge in [-0.25, -0.2) is 0 Å². The summed E-state index contributed by atoms with van der Waals surface area (Å²) in [4.78, 5) is 25.6. The molecule has 1 amide bonds. The van der Waals surface area contributed by atoms with Gasteiger partial charge in [-0.15, -0.1) is 0 Å². The van der Waals surface area contributed by atoms with E-state index in [9.17, 15) is 14.9 Å². The normalized spacial score (nSPS) is 13.3. The van der Waals surface area contributed by atoms with Gasteiger partial charge in [-0.1, -0.05) is 0 Å². The molecule has 0 atom stereocenters. The first kappa shape index (κ1) is 18.5. The van der Waals surface area contributed by atoms with Crippen LogP contribution in [0, 0.1) is 10.1 Å². The van der Waals surface area contributed by atoms with Crippen molar-refractivity contribution in [1.29, 1.82) is 0 Å². The molecular weight excluding hydrogens is 350 g/mol. The molecule has 1 aliphatic heterocycles. The van der Waals surface area contributed by atoms with Crippen molar-refractivity contribution in [3.8, 4) is 11.5 Å². The van der Waals surface area contributed by atoms with Gasteiger partial charge in [0.15, 0.2) is 0 Å². The predicted molar refractivity (Wildman–Crippen MR) is 102 cm³/mol. The number of rotatable bonds is 6. The Morgan fingerprint density at radius 2 is 1.85 bits per heavy atom. The second-order valence-electron chi connectivity index (χ2n) is 6.18. The van der Waals surface area contributed by atoms with Crippen LogP contribution < -0.4 is 19.7 Å². The zero-order valence-corrected chi connectivity index (χ0v) is 15.2. The highest BCUT2D eigenvalue weighted by molar-refractivity contribution is 6.06. The Labute approximate surface area is 156 Å². The molecule has 142 valence electrons. The second-order valence-corrected chi connectivity index (χ2v) is 6.18. The molecule has 0 aliphatic carbocycles. The zero-order chi connectivity index (χ0) is 19.4. The number of nitro groups is 1. The van der Waals surface area contributed by atoms with Crippen molar-refractivity contribution in [3.05, 3.63) is 52.1 Å². The van der Waals surface area contributed by atoms with Gasteiger partial charge in [-0.2, -0.15) is 0 Å². The number of methoxy groups -OCH3 is 2. The maximum Gasteiger partial charge on any atom is 0.293 e. The monoisotopic (exact) mass is 371 g/mol. The van der Waals surface area contributed by atoms with E-state index in [2.05, 4.69) is 5.32 Å². The third-order valence-corrected chi connectivity index (χ3v) is 4.54. The van der Waals surface area contributed by atoms with Gasteiger partial charge >= 0.3 is 0 Å². The third kappa shape index (κ3) is 3.94. The quantitative estimate of drug-likeness (QED) is 0.617. The summed E-state index contributed by atoms with van der Waals surface area (Å²) in [6.07, 6.45) is 2.02. The Hall–Kier alpha value is -3.29. The minimum absolute atomic E-state index is 0.0637. The predicted octanol–water partition coefficient (Wildman–Crippen LogP) is 3.46. The minimum atomic E-state index is -0.450. The summed E-state index contributed by atoms with van der Waals surface area (Å²) < 4.78 is 10.4. The maximum atomic E-state index is 12.6. The number of carbonyl (C=O) groups excluding carboxylic acids is 1. The SMILES string of the molecule is COc1ccc(NC(=O)c2ccc(N3CCCC3)c([N+](=O)[O-])c2)c(OC)c1. The van der Waals surface area contributed by atoms with Crippen LogP contribution in [0.3, 0.4) is 0 Å². The average molecular weight is 371 g/mol. The minimum Gasteiger partial charge on any atom is -0.497 e. The number of anilines is 2. The van der Waals surface area contributed by atoms with E-state index in [4.69, 9.17) is 9.47 Å². The first-order valence-corrected chi connectivity index (χ1v) is 8.60. The van der Waals surface area contributed by atoms with Crippen LogP contribution in [0.4, 0.5) is 17.1 Å². The van der Waals surface area contributed by atoms with Gasteiger partial charge in [-0.05, 0) is 37.1 Å². The summed E-state index contributed by atoms with van der Waals surface area (Å²) in [5.41, 5.74) is 1.15. The molecule has 1 N–H and O–H groups in total. The van der Waals surface area contributed by atoms with Crippen LogP contribution in [0.25, 0.3) is 0 Å². The summed E-state index contributed by atoms with van der Waals surface area (Å²) in [7, 11) is 3.02. The van der Waals surface area contributed by atoms with Crippen LogP contribution in [-0.2, 0) is 0 Å². The number of amides is 1. The fourth-order valence-electron chi connectivity index (χ4n) is 3.13. The molecule has 1 heterocycles. The lowest BCUT2D eigenvalue weighted by atomic mass is 10.1. The number of carbonyl (C=O) groups is 1. The Kier molecular flexibility index (Phi) is 5.44. The van der Waals surface area contributed by atoms with Crippen LogP contribution in [-0.4, -0.2) is 38.1 Å². The standard InChI is InChI=1S/C19H21N3O5/c1-26-14-6-7-15(18(12-14)27-2)20-19(23)13-5-8-16(17(11-13)22(24)25)21-9-3-4-10-21/h5-8,11-12H,3-4,9-10H2,1-2H3,(H,20,23). The molecule has 0 radical (unpaired) electrons. The highest BCUT2D eigenvalue weighted by Gasteiger charge is 2.24. The Morgan fingerprint density at radius 1 is 1.11 bits per heavy atom. The summed E-state index contributed by atoms with van der Waals surface area (Å²) >= 11 is 0. The Morgan fingerprint density at radius 3 is 2.48 bits per heavy atom.